The van der Waals surface area contributed by atoms with Gasteiger partial charge in [-0.15, -0.1) is 5.10 Å². The van der Waals surface area contributed by atoms with Crippen molar-refractivity contribution >= 4 is 46.3 Å². The maximum atomic E-state index is 12.0. The number of anilines is 1. The van der Waals surface area contributed by atoms with Crippen LogP contribution in [0.15, 0.2) is 9.95 Å². The predicted octanol–water partition coefficient (Wildman–Crippen LogP) is -0.491. The van der Waals surface area contributed by atoms with Crippen molar-refractivity contribution in [2.75, 3.05) is 12.3 Å². The number of nitrogen functional groups attached to an aromatic ring is 1. The van der Waals surface area contributed by atoms with Crippen molar-refractivity contribution in [2.45, 2.75) is 38.7 Å². The second kappa shape index (κ2) is 10.1. The number of hydrogen-bond acceptors (Lipinski definition) is 14. The van der Waals surface area contributed by atoms with E-state index < -0.39 is 54.1 Å². The highest BCUT2D eigenvalue weighted by atomic mass is 31.3. The van der Waals surface area contributed by atoms with E-state index in [4.69, 9.17) is 25.1 Å². The van der Waals surface area contributed by atoms with E-state index in [-0.39, 0.29) is 23.5 Å². The van der Waals surface area contributed by atoms with E-state index in [2.05, 4.69) is 38.6 Å². The van der Waals surface area contributed by atoms with Crippen LogP contribution in [-0.4, -0.2) is 69.1 Å². The number of ether oxygens (including phenoxy) is 1. The summed E-state index contributed by atoms with van der Waals surface area (Å²) in [7, 11) is -16.7. The van der Waals surface area contributed by atoms with Crippen LogP contribution in [0.4, 0.5) is 5.95 Å². The maximum Gasteiger partial charge on any atom is 0.490 e. The summed E-state index contributed by atoms with van der Waals surface area (Å²) >= 11 is 0. The molecule has 1 fully saturated rings. The van der Waals surface area contributed by atoms with Crippen molar-refractivity contribution in [2.24, 2.45) is 5.16 Å². The molecule has 0 aliphatic carbocycles. The summed E-state index contributed by atoms with van der Waals surface area (Å²) in [6.07, 6.45) is -3.12. The minimum absolute atomic E-state index is 0.00590. The third kappa shape index (κ3) is 7.45. The highest BCUT2D eigenvalue weighted by molar-refractivity contribution is 7.66. The highest BCUT2D eigenvalue weighted by Gasteiger charge is 2.44. The van der Waals surface area contributed by atoms with Gasteiger partial charge in [0.15, 0.2) is 23.5 Å². The first-order chi connectivity index (χ1) is 16.1. The molecule has 196 valence electrons. The standard InChI is InChI=1S/C12H20N7O13P3/c1-5(2)17-30-6-3-8(19-10-9(16-18-19)11(20)15-12(13)14-10)29-7(6)4-28-34(24,25)32-35(26,27)31-33(21,22)23/h6-8H,3-4H2,1-2H3,(H,24,25)(H,26,27)(H2,21,22,23)(H3,13,14,15,20)/t6?,7-,8-/m1/s1. The first-order valence-corrected chi connectivity index (χ1v) is 13.8. The number of rotatable bonds is 10. The summed E-state index contributed by atoms with van der Waals surface area (Å²) in [4.78, 5) is 59.7. The minimum atomic E-state index is -5.70. The van der Waals surface area contributed by atoms with Crippen molar-refractivity contribution in [3.05, 3.63) is 10.4 Å². The van der Waals surface area contributed by atoms with E-state index in [0.717, 1.165) is 4.68 Å². The lowest BCUT2D eigenvalue weighted by atomic mass is 10.2. The molecule has 1 saturated heterocycles. The molecular formula is C12H20N7O13P3. The Morgan fingerprint density at radius 1 is 1.23 bits per heavy atom. The molecule has 2 aromatic heterocycles. The molecule has 3 heterocycles. The number of oxime groups is 1. The Morgan fingerprint density at radius 2 is 1.91 bits per heavy atom. The van der Waals surface area contributed by atoms with Gasteiger partial charge < -0.3 is 34.9 Å². The average Bonchev–Trinajstić information content (AvgIpc) is 3.25. The fraction of sp³-hybridized carbons (Fsp3) is 0.583. The summed E-state index contributed by atoms with van der Waals surface area (Å²) in [5, 5.41) is 11.3. The first-order valence-electron chi connectivity index (χ1n) is 9.27. The van der Waals surface area contributed by atoms with E-state index in [0.29, 0.717) is 5.71 Å². The lowest BCUT2D eigenvalue weighted by Crippen LogP contribution is -2.28. The fourth-order valence-electron chi connectivity index (χ4n) is 2.81. The van der Waals surface area contributed by atoms with Gasteiger partial charge in [-0.05, 0) is 13.8 Å². The minimum Gasteiger partial charge on any atom is -0.389 e. The van der Waals surface area contributed by atoms with Crippen LogP contribution in [0.25, 0.3) is 11.2 Å². The number of nitrogens with two attached hydrogens (primary N) is 1. The van der Waals surface area contributed by atoms with Crippen LogP contribution in [0.3, 0.4) is 0 Å². The Hall–Kier alpha value is -2.08. The van der Waals surface area contributed by atoms with Crippen molar-refractivity contribution in [1.29, 1.82) is 0 Å². The molecule has 5 atom stereocenters. The van der Waals surface area contributed by atoms with Crippen molar-refractivity contribution < 1.29 is 56.0 Å². The monoisotopic (exact) mass is 563 g/mol. The number of phosphoric ester groups is 1. The molecule has 35 heavy (non-hydrogen) atoms. The molecule has 0 saturated carbocycles. The molecule has 0 aromatic carbocycles. The highest BCUT2D eigenvalue weighted by Crippen LogP contribution is 2.66. The summed E-state index contributed by atoms with van der Waals surface area (Å²) in [5.74, 6) is -0.215. The zero-order valence-electron chi connectivity index (χ0n) is 17.8. The van der Waals surface area contributed by atoms with Crippen LogP contribution in [0.5, 0.6) is 0 Å². The summed E-state index contributed by atoms with van der Waals surface area (Å²) in [6.45, 7) is 2.45. The van der Waals surface area contributed by atoms with Crippen LogP contribution in [0.1, 0.15) is 26.5 Å². The second-order valence-corrected chi connectivity index (χ2v) is 11.5. The normalized spacial score (nSPS) is 24.1. The van der Waals surface area contributed by atoms with Gasteiger partial charge in [0.25, 0.3) is 5.56 Å². The van der Waals surface area contributed by atoms with E-state index in [1.807, 2.05) is 0 Å². The summed E-state index contributed by atoms with van der Waals surface area (Å²) in [6, 6.07) is 0. The molecule has 23 heteroatoms. The van der Waals surface area contributed by atoms with Gasteiger partial charge in [0, 0.05) is 6.42 Å². The van der Waals surface area contributed by atoms with Crippen LogP contribution in [-0.2, 0) is 36.4 Å². The molecular weight excluding hydrogens is 543 g/mol. The third-order valence-corrected chi connectivity index (χ3v) is 7.80. The quantitative estimate of drug-likeness (QED) is 0.121. The number of fused-ring (bicyclic) bond motifs is 1. The van der Waals surface area contributed by atoms with Crippen molar-refractivity contribution in [1.82, 2.24) is 25.0 Å². The van der Waals surface area contributed by atoms with Crippen molar-refractivity contribution in [3.8, 4) is 0 Å². The zero-order valence-corrected chi connectivity index (χ0v) is 20.4. The number of phosphoric acid groups is 3. The van der Waals surface area contributed by atoms with Gasteiger partial charge >= 0.3 is 23.5 Å². The Balaban J connectivity index is 1.78. The van der Waals surface area contributed by atoms with Crippen molar-refractivity contribution in [3.63, 3.8) is 0 Å². The van der Waals surface area contributed by atoms with E-state index in [1.54, 1.807) is 13.8 Å². The molecule has 1 aliphatic rings. The predicted molar refractivity (Wildman–Crippen MR) is 112 cm³/mol. The van der Waals surface area contributed by atoms with Gasteiger partial charge in [-0.25, -0.2) is 13.7 Å². The van der Waals surface area contributed by atoms with Gasteiger partial charge in [0.05, 0.1) is 12.3 Å². The van der Waals surface area contributed by atoms with E-state index >= 15 is 0 Å². The Labute approximate surface area is 194 Å². The largest absolute Gasteiger partial charge is 0.490 e. The Kier molecular flexibility index (Phi) is 7.95. The number of nitrogens with zero attached hydrogens (tertiary/aromatic N) is 5. The molecule has 0 amide bonds. The lowest BCUT2D eigenvalue weighted by Gasteiger charge is -2.20. The average molecular weight is 563 g/mol. The van der Waals surface area contributed by atoms with Gasteiger partial charge in [0.2, 0.25) is 5.95 Å². The summed E-state index contributed by atoms with van der Waals surface area (Å²) < 4.78 is 53.0. The van der Waals surface area contributed by atoms with Gasteiger partial charge in [0.1, 0.15) is 6.10 Å². The molecule has 1 aliphatic heterocycles. The van der Waals surface area contributed by atoms with Gasteiger partial charge in [-0.1, -0.05) is 10.4 Å². The SMILES string of the molecule is CC(C)=NOC1C[C@H](n2nnc3c(=O)[nH]c(N)nc32)O[C@@H]1COP(=O)(O)OP(=O)(O)OP(=O)(O)O. The first kappa shape index (κ1) is 27.5. The number of nitrogens with one attached hydrogen (secondary N) is 1. The number of aromatic nitrogens is 5. The third-order valence-electron chi connectivity index (χ3n) is 3.99. The smallest absolute Gasteiger partial charge is 0.389 e. The molecule has 7 N–H and O–H groups in total. The maximum absolute atomic E-state index is 12.0. The van der Waals surface area contributed by atoms with Crippen LogP contribution < -0.4 is 11.3 Å². The van der Waals surface area contributed by atoms with Crippen LogP contribution in [0.2, 0.25) is 0 Å². The second-order valence-electron chi connectivity index (χ2n) is 7.09. The Morgan fingerprint density at radius 3 is 2.54 bits per heavy atom. The fourth-order valence-corrected chi connectivity index (χ4v) is 5.84. The molecule has 0 radical (unpaired) electrons. The molecule has 20 nitrogen and oxygen atoms in total. The van der Waals surface area contributed by atoms with Crippen LogP contribution >= 0.6 is 23.5 Å². The topological polar surface area (TPSA) is 293 Å². The van der Waals surface area contributed by atoms with Gasteiger partial charge in [-0.2, -0.15) is 18.3 Å². The molecule has 3 unspecified atom stereocenters. The molecule has 0 spiro atoms. The van der Waals surface area contributed by atoms with Crippen LogP contribution in [0, 0.1) is 0 Å². The summed E-state index contributed by atoms with van der Waals surface area (Å²) in [5.41, 5.74) is 5.24. The molecule has 2 aromatic rings. The number of H-pyrrole nitrogens is 1. The number of hydrogen-bond donors (Lipinski definition) is 6. The molecule has 3 rings (SSSR count). The van der Waals surface area contributed by atoms with E-state index in [1.165, 1.54) is 0 Å². The van der Waals surface area contributed by atoms with Gasteiger partial charge in [-0.3, -0.25) is 14.3 Å². The zero-order chi connectivity index (χ0) is 26.2. The van der Waals surface area contributed by atoms with E-state index in [9.17, 15) is 28.3 Å². The Bertz CT molecular complexity index is 1320. The number of aromatic amines is 1. The lowest BCUT2D eigenvalue weighted by molar-refractivity contribution is -0.0616. The molecule has 0 bridgehead atoms.